The summed E-state index contributed by atoms with van der Waals surface area (Å²) in [5.41, 5.74) is 3.54. The van der Waals surface area contributed by atoms with Gasteiger partial charge in [0.05, 0.1) is 12.0 Å². The summed E-state index contributed by atoms with van der Waals surface area (Å²) in [5, 5.41) is 10.7. The number of hydrogen-bond acceptors (Lipinski definition) is 5. The van der Waals surface area contributed by atoms with Crippen LogP contribution in [0, 0.1) is 6.92 Å². The predicted octanol–water partition coefficient (Wildman–Crippen LogP) is 4.67. The normalized spacial score (nSPS) is 11.0. The lowest BCUT2D eigenvalue weighted by atomic mass is 10.0. The van der Waals surface area contributed by atoms with Crippen molar-refractivity contribution in [2.24, 2.45) is 0 Å². The number of hydrogen-bond donors (Lipinski definition) is 1. The van der Waals surface area contributed by atoms with Gasteiger partial charge < -0.3 is 10.0 Å². The Kier molecular flexibility index (Phi) is 5.14. The van der Waals surface area contributed by atoms with Crippen molar-refractivity contribution in [1.82, 2.24) is 9.97 Å². The van der Waals surface area contributed by atoms with Crippen molar-refractivity contribution >= 4 is 27.4 Å². The molecule has 0 saturated carbocycles. The fraction of sp³-hybridized carbons (Fsp3) is 0.182. The third kappa shape index (κ3) is 3.56. The van der Waals surface area contributed by atoms with Gasteiger partial charge in [0, 0.05) is 23.5 Å². The van der Waals surface area contributed by atoms with Crippen LogP contribution in [0.15, 0.2) is 67.0 Å². The summed E-state index contributed by atoms with van der Waals surface area (Å²) in [5.74, 6) is 0.876. The van der Waals surface area contributed by atoms with Gasteiger partial charge in [-0.2, -0.15) is 0 Å². The van der Waals surface area contributed by atoms with E-state index in [1.807, 2.05) is 24.3 Å². The van der Waals surface area contributed by atoms with E-state index >= 15 is 0 Å². The molecule has 0 saturated heterocycles. The highest BCUT2D eigenvalue weighted by Crippen LogP contribution is 2.41. The monoisotopic (exact) mass is 375 g/mol. The SMILES string of the molecule is Cc1sc2ncnc(N(CCO)Cc3ccccc3)c2c1-c1ccccc1. The summed E-state index contributed by atoms with van der Waals surface area (Å²) in [6, 6.07) is 20.7. The van der Waals surface area contributed by atoms with Crippen LogP contribution in [-0.2, 0) is 6.54 Å². The third-order valence-corrected chi connectivity index (χ3v) is 5.61. The van der Waals surface area contributed by atoms with Crippen LogP contribution >= 0.6 is 11.3 Å². The van der Waals surface area contributed by atoms with E-state index in [0.29, 0.717) is 13.1 Å². The van der Waals surface area contributed by atoms with Gasteiger partial charge in [-0.3, -0.25) is 0 Å². The van der Waals surface area contributed by atoms with E-state index in [2.05, 4.69) is 58.2 Å². The third-order valence-electron chi connectivity index (χ3n) is 4.59. The van der Waals surface area contributed by atoms with Gasteiger partial charge in [-0.05, 0) is 18.1 Å². The van der Waals surface area contributed by atoms with Gasteiger partial charge >= 0.3 is 0 Å². The zero-order chi connectivity index (χ0) is 18.6. The molecule has 0 amide bonds. The summed E-state index contributed by atoms with van der Waals surface area (Å²) in [6.45, 7) is 3.41. The number of anilines is 1. The fourth-order valence-corrected chi connectivity index (χ4v) is 4.41. The molecule has 0 bridgehead atoms. The molecule has 0 unspecified atom stereocenters. The minimum atomic E-state index is 0.0715. The molecule has 0 spiro atoms. The second-order valence-corrected chi connectivity index (χ2v) is 7.61. The van der Waals surface area contributed by atoms with Crippen LogP contribution in [0.25, 0.3) is 21.3 Å². The lowest BCUT2D eigenvalue weighted by Crippen LogP contribution is -2.27. The first-order valence-corrected chi connectivity index (χ1v) is 9.79. The number of thiophene rings is 1. The van der Waals surface area contributed by atoms with Crippen LogP contribution in [0.4, 0.5) is 5.82 Å². The zero-order valence-electron chi connectivity index (χ0n) is 15.2. The van der Waals surface area contributed by atoms with Crippen molar-refractivity contribution in [3.05, 3.63) is 77.4 Å². The topological polar surface area (TPSA) is 49.2 Å². The quantitative estimate of drug-likeness (QED) is 0.532. The van der Waals surface area contributed by atoms with Gasteiger partial charge in [0.15, 0.2) is 0 Å². The smallest absolute Gasteiger partial charge is 0.141 e. The van der Waals surface area contributed by atoms with E-state index in [9.17, 15) is 5.11 Å². The summed E-state index contributed by atoms with van der Waals surface area (Å²) < 4.78 is 0. The summed E-state index contributed by atoms with van der Waals surface area (Å²) in [4.78, 5) is 13.5. The van der Waals surface area contributed by atoms with Crippen LogP contribution < -0.4 is 4.90 Å². The van der Waals surface area contributed by atoms with Crippen molar-refractivity contribution in [2.75, 3.05) is 18.1 Å². The zero-order valence-corrected chi connectivity index (χ0v) is 16.0. The van der Waals surface area contributed by atoms with Crippen LogP contribution in [0.3, 0.4) is 0 Å². The predicted molar refractivity (Wildman–Crippen MR) is 112 cm³/mol. The minimum Gasteiger partial charge on any atom is -0.395 e. The Morgan fingerprint density at radius 1 is 0.963 bits per heavy atom. The second-order valence-electron chi connectivity index (χ2n) is 6.41. The maximum Gasteiger partial charge on any atom is 0.141 e. The molecule has 136 valence electrons. The Balaban J connectivity index is 1.87. The van der Waals surface area contributed by atoms with Gasteiger partial charge in [-0.1, -0.05) is 60.7 Å². The molecule has 4 nitrogen and oxygen atoms in total. The number of aromatic nitrogens is 2. The summed E-state index contributed by atoms with van der Waals surface area (Å²) in [6.07, 6.45) is 1.62. The highest BCUT2D eigenvalue weighted by atomic mass is 32.1. The number of fused-ring (bicyclic) bond motifs is 1. The van der Waals surface area contributed by atoms with Gasteiger partial charge in [0.25, 0.3) is 0 Å². The molecule has 1 N–H and O–H groups in total. The van der Waals surface area contributed by atoms with E-state index in [-0.39, 0.29) is 6.61 Å². The molecular weight excluding hydrogens is 354 g/mol. The van der Waals surface area contributed by atoms with Crippen molar-refractivity contribution in [2.45, 2.75) is 13.5 Å². The number of rotatable bonds is 6. The standard InChI is InChI=1S/C22H21N3OS/c1-16-19(18-10-6-3-7-11-18)20-21(23-15-24-22(20)27-16)25(12-13-26)14-17-8-4-2-5-9-17/h2-11,15,26H,12-14H2,1H3. The molecule has 0 aliphatic carbocycles. The lowest BCUT2D eigenvalue weighted by molar-refractivity contribution is 0.301. The minimum absolute atomic E-state index is 0.0715. The molecule has 0 aliphatic rings. The molecule has 0 radical (unpaired) electrons. The average molecular weight is 375 g/mol. The van der Waals surface area contributed by atoms with E-state index in [0.717, 1.165) is 16.0 Å². The number of nitrogens with zero attached hydrogens (tertiary/aromatic N) is 3. The highest BCUT2D eigenvalue weighted by molar-refractivity contribution is 7.19. The Labute approximate surface area is 162 Å². The Morgan fingerprint density at radius 2 is 1.67 bits per heavy atom. The number of aliphatic hydroxyl groups excluding tert-OH is 1. The largest absolute Gasteiger partial charge is 0.395 e. The van der Waals surface area contributed by atoms with Gasteiger partial charge in [-0.15, -0.1) is 11.3 Å². The van der Waals surface area contributed by atoms with Gasteiger partial charge in [-0.25, -0.2) is 9.97 Å². The van der Waals surface area contributed by atoms with Crippen LogP contribution in [0.5, 0.6) is 0 Å². The van der Waals surface area contributed by atoms with Crippen molar-refractivity contribution in [1.29, 1.82) is 0 Å². The lowest BCUT2D eigenvalue weighted by Gasteiger charge is -2.24. The molecule has 0 atom stereocenters. The Hall–Kier alpha value is -2.76. The molecule has 0 fully saturated rings. The van der Waals surface area contributed by atoms with Gasteiger partial charge in [0.1, 0.15) is 17.0 Å². The van der Waals surface area contributed by atoms with E-state index in [1.54, 1.807) is 17.7 Å². The first-order chi connectivity index (χ1) is 13.3. The molecular formula is C22H21N3OS. The molecule has 5 heteroatoms. The Morgan fingerprint density at radius 3 is 2.37 bits per heavy atom. The molecule has 4 rings (SSSR count). The number of aryl methyl sites for hydroxylation is 1. The summed E-state index contributed by atoms with van der Waals surface area (Å²) in [7, 11) is 0. The van der Waals surface area contributed by atoms with Crippen LogP contribution in [0.2, 0.25) is 0 Å². The molecule has 2 aromatic heterocycles. The van der Waals surface area contributed by atoms with Crippen molar-refractivity contribution in [3.8, 4) is 11.1 Å². The van der Waals surface area contributed by atoms with E-state index in [1.165, 1.54) is 21.6 Å². The molecule has 0 aliphatic heterocycles. The molecule has 2 heterocycles. The average Bonchev–Trinajstić information content (AvgIpc) is 3.05. The van der Waals surface area contributed by atoms with Crippen molar-refractivity contribution < 1.29 is 5.11 Å². The maximum atomic E-state index is 9.66. The maximum absolute atomic E-state index is 9.66. The van der Waals surface area contributed by atoms with E-state index in [4.69, 9.17) is 0 Å². The molecule has 2 aromatic carbocycles. The first-order valence-electron chi connectivity index (χ1n) is 8.97. The highest BCUT2D eigenvalue weighted by Gasteiger charge is 2.20. The molecule has 4 aromatic rings. The summed E-state index contributed by atoms with van der Waals surface area (Å²) >= 11 is 1.69. The first kappa shape index (κ1) is 17.6. The Bertz CT molecular complexity index is 1030. The van der Waals surface area contributed by atoms with E-state index < -0.39 is 0 Å². The number of aliphatic hydroxyl groups is 1. The van der Waals surface area contributed by atoms with Crippen LogP contribution in [0.1, 0.15) is 10.4 Å². The fourth-order valence-electron chi connectivity index (χ4n) is 3.41. The second kappa shape index (κ2) is 7.86. The molecule has 27 heavy (non-hydrogen) atoms. The van der Waals surface area contributed by atoms with Crippen LogP contribution in [-0.4, -0.2) is 28.2 Å². The van der Waals surface area contributed by atoms with Crippen molar-refractivity contribution in [3.63, 3.8) is 0 Å². The number of benzene rings is 2. The van der Waals surface area contributed by atoms with Gasteiger partial charge in [0.2, 0.25) is 0 Å².